The molecule has 0 radical (unpaired) electrons. The minimum absolute atomic E-state index is 0.164. The molecule has 1 aliphatic heterocycles. The van der Waals surface area contributed by atoms with E-state index in [0.29, 0.717) is 0 Å². The van der Waals surface area contributed by atoms with Crippen molar-refractivity contribution in [3.8, 4) is 0 Å². The van der Waals surface area contributed by atoms with Gasteiger partial charge in [0, 0.05) is 39.3 Å². The number of carbonyl (C=O) groups is 1. The lowest BCUT2D eigenvalue weighted by Gasteiger charge is -2.32. The fourth-order valence-corrected chi connectivity index (χ4v) is 3.57. The predicted octanol–water partition coefficient (Wildman–Crippen LogP) is 2.00. The number of pyridine rings is 1. The summed E-state index contributed by atoms with van der Waals surface area (Å²) in [5.41, 5.74) is 0.957. The van der Waals surface area contributed by atoms with Gasteiger partial charge in [-0.15, -0.1) is 0 Å². The van der Waals surface area contributed by atoms with E-state index in [2.05, 4.69) is 14.9 Å². The molecule has 0 aliphatic carbocycles. The zero-order valence-electron chi connectivity index (χ0n) is 11.7. The molecule has 106 valence electrons. The van der Waals surface area contributed by atoms with Crippen LogP contribution in [0.25, 0.3) is 10.2 Å². The van der Waals surface area contributed by atoms with Gasteiger partial charge >= 0.3 is 0 Å². The molecule has 0 unspecified atom stereocenters. The molecular weight excluding hydrogens is 272 g/mol. The number of aromatic nitrogens is 2. The fourth-order valence-electron chi connectivity index (χ4n) is 2.59. The number of nitrogens with zero attached hydrogens (tertiary/aromatic N) is 4. The smallest absolute Gasteiger partial charge is 0.225 e. The number of rotatable bonds is 2. The van der Waals surface area contributed by atoms with E-state index in [0.717, 1.165) is 36.6 Å². The second kappa shape index (κ2) is 5.36. The number of carbonyl (C=O) groups excluding carboxylic acids is 1. The standard InChI is InChI=1S/C14H18N4OS/c1-17(2)13(19)10-4-7-18(8-5-10)14-16-11-9-15-6-3-12(11)20-14/h3,6,9-10H,4-5,7-8H2,1-2H3. The number of amides is 1. The van der Waals surface area contributed by atoms with Crippen LogP contribution in [-0.2, 0) is 4.79 Å². The largest absolute Gasteiger partial charge is 0.349 e. The molecule has 0 aromatic carbocycles. The SMILES string of the molecule is CN(C)C(=O)C1CCN(c2nc3cnccc3s2)CC1. The van der Waals surface area contributed by atoms with Gasteiger partial charge < -0.3 is 9.80 Å². The molecule has 6 heteroatoms. The highest BCUT2D eigenvalue weighted by Crippen LogP contribution is 2.31. The third-order valence-electron chi connectivity index (χ3n) is 3.73. The molecular formula is C14H18N4OS. The normalized spacial score (nSPS) is 16.6. The molecule has 2 aromatic heterocycles. The van der Waals surface area contributed by atoms with Gasteiger partial charge in [-0.25, -0.2) is 4.98 Å². The fraction of sp³-hybridized carbons (Fsp3) is 0.500. The first-order valence-corrected chi connectivity index (χ1v) is 7.63. The lowest BCUT2D eigenvalue weighted by Crippen LogP contribution is -2.40. The molecule has 3 rings (SSSR count). The topological polar surface area (TPSA) is 49.3 Å². The first kappa shape index (κ1) is 13.3. The van der Waals surface area contributed by atoms with Crippen LogP contribution in [0.1, 0.15) is 12.8 Å². The third kappa shape index (κ3) is 2.47. The van der Waals surface area contributed by atoms with Crippen molar-refractivity contribution in [2.75, 3.05) is 32.1 Å². The maximum atomic E-state index is 12.0. The van der Waals surface area contributed by atoms with Crippen LogP contribution in [0, 0.1) is 5.92 Å². The van der Waals surface area contributed by atoms with Crippen molar-refractivity contribution in [1.82, 2.24) is 14.9 Å². The number of hydrogen-bond acceptors (Lipinski definition) is 5. The summed E-state index contributed by atoms with van der Waals surface area (Å²) in [6.45, 7) is 1.80. The molecule has 1 amide bonds. The summed E-state index contributed by atoms with van der Waals surface area (Å²) in [5.74, 6) is 0.412. The van der Waals surface area contributed by atoms with E-state index in [4.69, 9.17) is 0 Å². The molecule has 0 saturated carbocycles. The van der Waals surface area contributed by atoms with Crippen LogP contribution in [0.2, 0.25) is 0 Å². The van der Waals surface area contributed by atoms with Gasteiger partial charge in [0.05, 0.1) is 10.9 Å². The van der Waals surface area contributed by atoms with Crippen molar-refractivity contribution in [3.05, 3.63) is 18.5 Å². The van der Waals surface area contributed by atoms with Gasteiger partial charge in [-0.2, -0.15) is 0 Å². The Morgan fingerprint density at radius 3 is 2.80 bits per heavy atom. The molecule has 3 heterocycles. The molecule has 1 aliphatic rings. The van der Waals surface area contributed by atoms with E-state index in [9.17, 15) is 4.79 Å². The average molecular weight is 290 g/mol. The molecule has 1 saturated heterocycles. The molecule has 2 aromatic rings. The van der Waals surface area contributed by atoms with Gasteiger partial charge in [0.2, 0.25) is 5.91 Å². The van der Waals surface area contributed by atoms with Crippen LogP contribution >= 0.6 is 11.3 Å². The van der Waals surface area contributed by atoms with Crippen molar-refractivity contribution in [1.29, 1.82) is 0 Å². The van der Waals surface area contributed by atoms with Gasteiger partial charge in [0.25, 0.3) is 0 Å². The summed E-state index contributed by atoms with van der Waals surface area (Å²) in [4.78, 5) is 24.7. The highest BCUT2D eigenvalue weighted by Gasteiger charge is 2.27. The Kier molecular flexibility index (Phi) is 3.56. The van der Waals surface area contributed by atoms with Crippen LogP contribution < -0.4 is 4.90 Å². The highest BCUT2D eigenvalue weighted by molar-refractivity contribution is 7.22. The van der Waals surface area contributed by atoms with E-state index in [1.54, 1.807) is 28.6 Å². The lowest BCUT2D eigenvalue weighted by molar-refractivity contribution is -0.133. The molecule has 5 nitrogen and oxygen atoms in total. The first-order valence-electron chi connectivity index (χ1n) is 6.82. The van der Waals surface area contributed by atoms with E-state index >= 15 is 0 Å². The van der Waals surface area contributed by atoms with E-state index in [1.165, 1.54) is 4.70 Å². The monoisotopic (exact) mass is 290 g/mol. The Morgan fingerprint density at radius 1 is 1.40 bits per heavy atom. The molecule has 0 spiro atoms. The summed E-state index contributed by atoms with van der Waals surface area (Å²) in [6.07, 6.45) is 5.42. The van der Waals surface area contributed by atoms with Crippen molar-refractivity contribution in [3.63, 3.8) is 0 Å². The van der Waals surface area contributed by atoms with E-state index in [1.807, 2.05) is 20.2 Å². The molecule has 0 atom stereocenters. The lowest BCUT2D eigenvalue weighted by atomic mass is 9.96. The van der Waals surface area contributed by atoms with Crippen molar-refractivity contribution >= 4 is 32.6 Å². The second-order valence-corrected chi connectivity index (χ2v) is 6.34. The van der Waals surface area contributed by atoms with Crippen LogP contribution in [0.15, 0.2) is 18.5 Å². The number of piperidine rings is 1. The zero-order chi connectivity index (χ0) is 14.1. The maximum Gasteiger partial charge on any atom is 0.225 e. The Balaban J connectivity index is 1.70. The summed E-state index contributed by atoms with van der Waals surface area (Å²) >= 11 is 1.70. The van der Waals surface area contributed by atoms with Crippen LogP contribution in [0.4, 0.5) is 5.13 Å². The molecule has 20 heavy (non-hydrogen) atoms. The molecule has 1 fully saturated rings. The van der Waals surface area contributed by atoms with Gasteiger partial charge in [0.1, 0.15) is 5.52 Å². The number of anilines is 1. The van der Waals surface area contributed by atoms with Crippen molar-refractivity contribution < 1.29 is 4.79 Å². The maximum absolute atomic E-state index is 12.0. The van der Waals surface area contributed by atoms with Crippen LogP contribution in [0.3, 0.4) is 0 Å². The third-order valence-corrected chi connectivity index (χ3v) is 4.83. The zero-order valence-corrected chi connectivity index (χ0v) is 12.6. The van der Waals surface area contributed by atoms with Gasteiger partial charge in [-0.1, -0.05) is 11.3 Å². The summed E-state index contributed by atoms with van der Waals surface area (Å²) in [6, 6.07) is 2.00. The van der Waals surface area contributed by atoms with Crippen LogP contribution in [0.5, 0.6) is 0 Å². The second-order valence-electron chi connectivity index (χ2n) is 5.33. The average Bonchev–Trinajstić information content (AvgIpc) is 2.90. The summed E-state index contributed by atoms with van der Waals surface area (Å²) in [5, 5.41) is 1.05. The minimum atomic E-state index is 0.164. The number of hydrogen-bond donors (Lipinski definition) is 0. The van der Waals surface area contributed by atoms with Gasteiger partial charge in [0.15, 0.2) is 5.13 Å². The first-order chi connectivity index (χ1) is 9.65. The quantitative estimate of drug-likeness (QED) is 0.849. The number of fused-ring (bicyclic) bond motifs is 1. The van der Waals surface area contributed by atoms with Crippen LogP contribution in [-0.4, -0.2) is 48.0 Å². The Bertz CT molecular complexity index is 583. The Hall–Kier alpha value is -1.69. The van der Waals surface area contributed by atoms with Crippen molar-refractivity contribution in [2.45, 2.75) is 12.8 Å². The summed E-state index contributed by atoms with van der Waals surface area (Å²) < 4.78 is 1.17. The van der Waals surface area contributed by atoms with Gasteiger partial charge in [-0.3, -0.25) is 9.78 Å². The van der Waals surface area contributed by atoms with E-state index in [-0.39, 0.29) is 11.8 Å². The minimum Gasteiger partial charge on any atom is -0.349 e. The Morgan fingerprint density at radius 2 is 2.15 bits per heavy atom. The van der Waals surface area contributed by atoms with Gasteiger partial charge in [-0.05, 0) is 18.9 Å². The molecule has 0 N–H and O–H groups in total. The predicted molar refractivity (Wildman–Crippen MR) is 81.0 cm³/mol. The van der Waals surface area contributed by atoms with Crippen molar-refractivity contribution in [2.24, 2.45) is 5.92 Å². The van der Waals surface area contributed by atoms with E-state index < -0.39 is 0 Å². The Labute approximate surface area is 122 Å². The number of thiazole rings is 1. The highest BCUT2D eigenvalue weighted by atomic mass is 32.1. The molecule has 0 bridgehead atoms. The summed E-state index contributed by atoms with van der Waals surface area (Å²) in [7, 11) is 3.66.